The van der Waals surface area contributed by atoms with Crippen molar-refractivity contribution >= 4 is 11.9 Å². The average molecular weight is 253 g/mol. The van der Waals surface area contributed by atoms with Crippen LogP contribution in [-0.2, 0) is 0 Å². The summed E-state index contributed by atoms with van der Waals surface area (Å²) in [4.78, 5) is 11.7. The van der Waals surface area contributed by atoms with Crippen molar-refractivity contribution in [2.24, 2.45) is 0 Å². The van der Waals surface area contributed by atoms with Crippen LogP contribution in [0.15, 0.2) is 66.7 Å². The van der Waals surface area contributed by atoms with E-state index in [1.54, 1.807) is 6.08 Å². The van der Waals surface area contributed by atoms with E-state index in [1.807, 2.05) is 80.8 Å². The van der Waals surface area contributed by atoms with Crippen LogP contribution < -0.4 is 5.32 Å². The lowest BCUT2D eigenvalue weighted by Gasteiger charge is -1.94. The van der Waals surface area contributed by atoms with Gasteiger partial charge in [0.2, 0.25) is 0 Å². The molecule has 0 radical (unpaired) electrons. The summed E-state index contributed by atoms with van der Waals surface area (Å²) >= 11 is 0. The molecule has 0 aliphatic heterocycles. The fourth-order valence-electron chi connectivity index (χ4n) is 1.43. The summed E-state index contributed by atoms with van der Waals surface area (Å²) < 4.78 is 0. The van der Waals surface area contributed by atoms with E-state index in [-0.39, 0.29) is 5.78 Å². The van der Waals surface area contributed by atoms with Crippen LogP contribution >= 0.6 is 0 Å². The van der Waals surface area contributed by atoms with Crippen molar-refractivity contribution < 1.29 is 4.79 Å². The van der Waals surface area contributed by atoms with E-state index in [9.17, 15) is 4.79 Å². The Morgan fingerprint density at radius 2 is 1.37 bits per heavy atom. The molecule has 2 heteroatoms. The molecular formula is C17H19NO. The maximum absolute atomic E-state index is 11.7. The smallest absolute Gasteiger partial charge is 0.185 e. The third kappa shape index (κ3) is 5.80. The summed E-state index contributed by atoms with van der Waals surface area (Å²) in [5.74, 6) is 0.0319. The number of nitrogens with one attached hydrogen (secondary N) is 1. The molecule has 0 bridgehead atoms. The van der Waals surface area contributed by atoms with Crippen LogP contribution in [0, 0.1) is 0 Å². The molecule has 0 fully saturated rings. The zero-order valence-corrected chi connectivity index (χ0v) is 11.3. The van der Waals surface area contributed by atoms with Crippen LogP contribution in [0.5, 0.6) is 0 Å². The van der Waals surface area contributed by atoms with Crippen molar-refractivity contribution in [3.63, 3.8) is 0 Å². The van der Waals surface area contributed by atoms with E-state index in [0.29, 0.717) is 0 Å². The quantitative estimate of drug-likeness (QED) is 0.671. The Balaban J connectivity index is 0.000000550. The number of ketones is 1. The first kappa shape index (κ1) is 14.9. The third-order valence-electron chi connectivity index (χ3n) is 2.29. The highest BCUT2D eigenvalue weighted by atomic mass is 16.1. The molecule has 19 heavy (non-hydrogen) atoms. The Hall–Kier alpha value is -2.19. The predicted octanol–water partition coefficient (Wildman–Crippen LogP) is 3.42. The lowest BCUT2D eigenvalue weighted by atomic mass is 10.1. The van der Waals surface area contributed by atoms with Crippen molar-refractivity contribution in [2.45, 2.75) is 0 Å². The number of carbonyl (C=O) groups is 1. The van der Waals surface area contributed by atoms with Gasteiger partial charge in [0, 0.05) is 5.56 Å². The Labute approximate surface area is 114 Å². The average Bonchev–Trinajstić information content (AvgIpc) is 2.47. The second-order valence-corrected chi connectivity index (χ2v) is 3.97. The summed E-state index contributed by atoms with van der Waals surface area (Å²) in [6.45, 7) is 0. The largest absolute Gasteiger partial charge is 0.323 e. The number of rotatable bonds is 3. The standard InChI is InChI=1S/C15H12O.C2H7N/c16-15(14-9-5-2-6-10-14)12-11-13-7-3-1-4-8-13;1-3-2/h1-12H;3H,1-2H3. The Morgan fingerprint density at radius 1 is 0.895 bits per heavy atom. The van der Waals surface area contributed by atoms with Gasteiger partial charge in [-0.1, -0.05) is 66.7 Å². The van der Waals surface area contributed by atoms with Crippen molar-refractivity contribution in [1.82, 2.24) is 5.32 Å². The van der Waals surface area contributed by atoms with Gasteiger partial charge in [0.05, 0.1) is 0 Å². The molecule has 2 aromatic rings. The summed E-state index contributed by atoms with van der Waals surface area (Å²) in [6.07, 6.45) is 3.43. The minimum Gasteiger partial charge on any atom is -0.323 e. The second kappa shape index (κ2) is 8.84. The molecule has 2 nitrogen and oxygen atoms in total. The van der Waals surface area contributed by atoms with Crippen LogP contribution in [0.3, 0.4) is 0 Å². The number of hydrogen-bond acceptors (Lipinski definition) is 2. The summed E-state index contributed by atoms with van der Waals surface area (Å²) in [6, 6.07) is 19.1. The molecule has 0 aliphatic carbocycles. The van der Waals surface area contributed by atoms with Crippen LogP contribution in [0.4, 0.5) is 0 Å². The molecule has 2 aromatic carbocycles. The van der Waals surface area contributed by atoms with E-state index < -0.39 is 0 Å². The van der Waals surface area contributed by atoms with Crippen LogP contribution in [0.1, 0.15) is 15.9 Å². The molecule has 0 unspecified atom stereocenters. The van der Waals surface area contributed by atoms with Crippen molar-refractivity contribution in [3.05, 3.63) is 77.9 Å². The maximum atomic E-state index is 11.7. The number of hydrogen-bond donors (Lipinski definition) is 1. The maximum Gasteiger partial charge on any atom is 0.185 e. The summed E-state index contributed by atoms with van der Waals surface area (Å²) in [5.41, 5.74) is 1.75. The molecule has 0 spiro atoms. The van der Waals surface area contributed by atoms with Gasteiger partial charge in [0.15, 0.2) is 5.78 Å². The first-order valence-electron chi connectivity index (χ1n) is 6.19. The first-order chi connectivity index (χ1) is 9.27. The van der Waals surface area contributed by atoms with Crippen molar-refractivity contribution in [3.8, 4) is 0 Å². The van der Waals surface area contributed by atoms with E-state index in [1.165, 1.54) is 0 Å². The minimum atomic E-state index is 0.0319. The Morgan fingerprint density at radius 3 is 1.89 bits per heavy atom. The highest BCUT2D eigenvalue weighted by Gasteiger charge is 1.98. The van der Waals surface area contributed by atoms with Gasteiger partial charge in [-0.15, -0.1) is 0 Å². The van der Waals surface area contributed by atoms with Gasteiger partial charge in [-0.2, -0.15) is 0 Å². The monoisotopic (exact) mass is 253 g/mol. The fraction of sp³-hybridized carbons (Fsp3) is 0.118. The number of allylic oxidation sites excluding steroid dienone is 1. The van der Waals surface area contributed by atoms with Gasteiger partial charge < -0.3 is 5.32 Å². The minimum absolute atomic E-state index is 0.0319. The molecule has 0 saturated heterocycles. The summed E-state index contributed by atoms with van der Waals surface area (Å²) in [7, 11) is 3.75. The lowest BCUT2D eigenvalue weighted by molar-refractivity contribution is 0.104. The molecule has 98 valence electrons. The molecule has 1 N–H and O–H groups in total. The Kier molecular flexibility index (Phi) is 6.92. The topological polar surface area (TPSA) is 29.1 Å². The van der Waals surface area contributed by atoms with E-state index >= 15 is 0 Å². The van der Waals surface area contributed by atoms with Crippen molar-refractivity contribution in [1.29, 1.82) is 0 Å². The van der Waals surface area contributed by atoms with Gasteiger partial charge >= 0.3 is 0 Å². The summed E-state index contributed by atoms with van der Waals surface area (Å²) in [5, 5.41) is 2.75. The molecule has 0 aromatic heterocycles. The molecule has 0 aliphatic rings. The van der Waals surface area contributed by atoms with Gasteiger partial charge in [0.25, 0.3) is 0 Å². The SMILES string of the molecule is CNC.O=C(C=Cc1ccccc1)c1ccccc1. The highest BCUT2D eigenvalue weighted by Crippen LogP contribution is 2.05. The molecule has 0 atom stereocenters. The van der Waals surface area contributed by atoms with Crippen LogP contribution in [0.25, 0.3) is 6.08 Å². The molecule has 0 heterocycles. The van der Waals surface area contributed by atoms with E-state index in [2.05, 4.69) is 5.32 Å². The zero-order valence-electron chi connectivity index (χ0n) is 11.3. The number of carbonyl (C=O) groups excluding carboxylic acids is 1. The van der Waals surface area contributed by atoms with Crippen LogP contribution in [0.2, 0.25) is 0 Å². The van der Waals surface area contributed by atoms with E-state index in [4.69, 9.17) is 0 Å². The van der Waals surface area contributed by atoms with Gasteiger partial charge in [-0.25, -0.2) is 0 Å². The number of benzene rings is 2. The normalized spacial score (nSPS) is 9.79. The molecule has 2 rings (SSSR count). The van der Waals surface area contributed by atoms with Crippen molar-refractivity contribution in [2.75, 3.05) is 14.1 Å². The molecular weight excluding hydrogens is 234 g/mol. The third-order valence-corrected chi connectivity index (χ3v) is 2.29. The van der Waals surface area contributed by atoms with Gasteiger partial charge in [0.1, 0.15) is 0 Å². The lowest BCUT2D eigenvalue weighted by Crippen LogP contribution is -1.92. The predicted molar refractivity (Wildman–Crippen MR) is 81.2 cm³/mol. The van der Waals surface area contributed by atoms with Gasteiger partial charge in [-0.3, -0.25) is 4.79 Å². The van der Waals surface area contributed by atoms with Crippen LogP contribution in [-0.4, -0.2) is 19.9 Å². The second-order valence-electron chi connectivity index (χ2n) is 3.97. The van der Waals surface area contributed by atoms with Gasteiger partial charge in [-0.05, 0) is 25.7 Å². The molecule has 0 saturated carbocycles. The first-order valence-corrected chi connectivity index (χ1v) is 6.19. The highest BCUT2D eigenvalue weighted by molar-refractivity contribution is 6.06. The molecule has 0 amide bonds. The zero-order chi connectivity index (χ0) is 13.9. The fourth-order valence-corrected chi connectivity index (χ4v) is 1.43. The van der Waals surface area contributed by atoms with E-state index in [0.717, 1.165) is 11.1 Å². The Bertz CT molecular complexity index is 503.